The van der Waals surface area contributed by atoms with Gasteiger partial charge in [-0.15, -0.1) is 0 Å². The fraction of sp³-hybridized carbons (Fsp3) is 0.0769. The molecule has 2 aromatic heterocycles. The predicted octanol–water partition coefficient (Wildman–Crippen LogP) is 12.1. The van der Waals surface area contributed by atoms with E-state index >= 15 is 0 Å². The van der Waals surface area contributed by atoms with Crippen LogP contribution in [0.25, 0.3) is 70.8 Å². The SMILES string of the molecule is C1=C(C2=NC(c3ccc4ccccc4c3)NC(c3ccc4ccccc4c3)N2)N=C(n2c3ccccc3c3cc4c5ccccc5n(-c5ccccc5)c4cc32)CC1. The number of amidine groups is 1. The van der Waals surface area contributed by atoms with Gasteiger partial charge >= 0.3 is 0 Å². The number of nitrogens with one attached hydrogen (secondary N) is 2. The lowest BCUT2D eigenvalue weighted by atomic mass is 10.0. The highest BCUT2D eigenvalue weighted by Crippen LogP contribution is 2.39. The Balaban J connectivity index is 1.02. The predicted molar refractivity (Wildman–Crippen MR) is 241 cm³/mol. The number of fused-ring (bicyclic) bond motifs is 8. The van der Waals surface area contributed by atoms with Crippen molar-refractivity contribution in [2.45, 2.75) is 25.2 Å². The Bertz CT molecular complexity index is 3360. The number of para-hydroxylation sites is 3. The zero-order valence-corrected chi connectivity index (χ0v) is 31.7. The molecule has 8 aromatic carbocycles. The van der Waals surface area contributed by atoms with Crippen molar-refractivity contribution < 1.29 is 0 Å². The maximum Gasteiger partial charge on any atom is 0.150 e. The summed E-state index contributed by atoms with van der Waals surface area (Å²) in [5.74, 6) is 1.80. The van der Waals surface area contributed by atoms with Crippen molar-refractivity contribution >= 4 is 76.8 Å². The Morgan fingerprint density at radius 2 is 1.07 bits per heavy atom. The molecule has 4 heterocycles. The van der Waals surface area contributed by atoms with E-state index in [9.17, 15) is 0 Å². The summed E-state index contributed by atoms with van der Waals surface area (Å²) in [6, 6.07) is 63.4. The van der Waals surface area contributed by atoms with Crippen LogP contribution in [0.15, 0.2) is 198 Å². The van der Waals surface area contributed by atoms with Gasteiger partial charge in [0, 0.05) is 33.7 Å². The van der Waals surface area contributed by atoms with Crippen LogP contribution in [-0.4, -0.2) is 20.8 Å². The molecule has 0 fully saturated rings. The first-order valence-electron chi connectivity index (χ1n) is 20.1. The van der Waals surface area contributed by atoms with Gasteiger partial charge in [0.1, 0.15) is 29.7 Å². The molecule has 6 nitrogen and oxygen atoms in total. The molecule has 58 heavy (non-hydrogen) atoms. The van der Waals surface area contributed by atoms with Gasteiger partial charge in [-0.1, -0.05) is 133 Å². The van der Waals surface area contributed by atoms with Gasteiger partial charge in [0.25, 0.3) is 0 Å². The molecule has 0 saturated heterocycles. The Morgan fingerprint density at radius 1 is 0.483 bits per heavy atom. The minimum atomic E-state index is -0.278. The van der Waals surface area contributed by atoms with Gasteiger partial charge in [-0.3, -0.25) is 9.88 Å². The van der Waals surface area contributed by atoms with Crippen LogP contribution >= 0.6 is 0 Å². The molecule has 0 amide bonds. The molecule has 2 aliphatic rings. The lowest BCUT2D eigenvalue weighted by Crippen LogP contribution is -2.45. The number of rotatable bonds is 4. The van der Waals surface area contributed by atoms with E-state index in [2.05, 4.69) is 202 Å². The molecule has 2 atom stereocenters. The third kappa shape index (κ3) is 5.30. The van der Waals surface area contributed by atoms with Crippen molar-refractivity contribution in [1.82, 2.24) is 19.8 Å². The van der Waals surface area contributed by atoms with E-state index < -0.39 is 0 Å². The van der Waals surface area contributed by atoms with Crippen molar-refractivity contribution in [3.63, 3.8) is 0 Å². The molecule has 6 heteroatoms. The second-order valence-corrected chi connectivity index (χ2v) is 15.4. The first-order valence-corrected chi connectivity index (χ1v) is 20.1. The van der Waals surface area contributed by atoms with Gasteiger partial charge in [0.05, 0.1) is 22.1 Å². The van der Waals surface area contributed by atoms with Crippen molar-refractivity contribution in [3.05, 3.63) is 199 Å². The maximum atomic E-state index is 5.52. The van der Waals surface area contributed by atoms with E-state index in [1.807, 2.05) is 0 Å². The van der Waals surface area contributed by atoms with E-state index in [1.54, 1.807) is 0 Å². The summed E-state index contributed by atoms with van der Waals surface area (Å²) in [6.45, 7) is 0. The Kier molecular flexibility index (Phi) is 7.46. The minimum Gasteiger partial charge on any atom is -0.349 e. The normalized spacial score (nSPS) is 17.2. The molecule has 0 spiro atoms. The van der Waals surface area contributed by atoms with E-state index in [0.29, 0.717) is 0 Å². The summed E-state index contributed by atoms with van der Waals surface area (Å²) in [6.07, 6.45) is 3.45. The molecule has 12 rings (SSSR count). The molecule has 276 valence electrons. The van der Waals surface area contributed by atoms with Crippen LogP contribution in [0.3, 0.4) is 0 Å². The van der Waals surface area contributed by atoms with Gasteiger partial charge in [-0.05, 0) is 87.6 Å². The van der Waals surface area contributed by atoms with E-state index in [0.717, 1.165) is 58.1 Å². The van der Waals surface area contributed by atoms with Crippen molar-refractivity contribution in [1.29, 1.82) is 0 Å². The summed E-state index contributed by atoms with van der Waals surface area (Å²) in [4.78, 5) is 10.9. The zero-order chi connectivity index (χ0) is 38.2. The van der Waals surface area contributed by atoms with Crippen molar-refractivity contribution in [2.75, 3.05) is 0 Å². The van der Waals surface area contributed by atoms with Gasteiger partial charge in [-0.2, -0.15) is 0 Å². The molecular formula is C52H38N6. The number of benzene rings is 8. The number of hydrogen-bond donors (Lipinski definition) is 2. The Labute approximate surface area is 335 Å². The minimum absolute atomic E-state index is 0.184. The third-order valence-electron chi connectivity index (χ3n) is 12.0. The summed E-state index contributed by atoms with van der Waals surface area (Å²) in [7, 11) is 0. The van der Waals surface area contributed by atoms with E-state index in [-0.39, 0.29) is 12.3 Å². The molecule has 0 radical (unpaired) electrons. The molecule has 0 bridgehead atoms. The second-order valence-electron chi connectivity index (χ2n) is 15.4. The summed E-state index contributed by atoms with van der Waals surface area (Å²) in [5.41, 5.74) is 8.96. The molecule has 2 aliphatic heterocycles. The summed E-state index contributed by atoms with van der Waals surface area (Å²) < 4.78 is 4.79. The topological polar surface area (TPSA) is 58.6 Å². The van der Waals surface area contributed by atoms with Crippen molar-refractivity contribution in [2.24, 2.45) is 9.98 Å². The highest BCUT2D eigenvalue weighted by atomic mass is 15.3. The molecule has 10 aromatic rings. The fourth-order valence-corrected chi connectivity index (χ4v) is 9.25. The van der Waals surface area contributed by atoms with Crippen molar-refractivity contribution in [3.8, 4) is 5.69 Å². The molecule has 2 unspecified atom stereocenters. The van der Waals surface area contributed by atoms with Gasteiger partial charge < -0.3 is 9.88 Å². The number of aromatic nitrogens is 2. The lowest BCUT2D eigenvalue weighted by molar-refractivity contribution is 0.409. The fourth-order valence-electron chi connectivity index (χ4n) is 9.25. The average molecular weight is 747 g/mol. The Morgan fingerprint density at radius 3 is 1.79 bits per heavy atom. The average Bonchev–Trinajstić information content (AvgIpc) is 3.80. The first-order chi connectivity index (χ1) is 28.7. The second kappa shape index (κ2) is 13.2. The molecule has 0 saturated carbocycles. The largest absolute Gasteiger partial charge is 0.349 e. The van der Waals surface area contributed by atoms with Crippen LogP contribution in [-0.2, 0) is 0 Å². The van der Waals surface area contributed by atoms with Crippen LogP contribution in [0.1, 0.15) is 36.3 Å². The van der Waals surface area contributed by atoms with Crippen LogP contribution in [0.2, 0.25) is 0 Å². The van der Waals surface area contributed by atoms with Gasteiger partial charge in [0.15, 0.2) is 0 Å². The highest BCUT2D eigenvalue weighted by molar-refractivity contribution is 6.21. The molecular weight excluding hydrogens is 709 g/mol. The monoisotopic (exact) mass is 746 g/mol. The quantitative estimate of drug-likeness (QED) is 0.188. The highest BCUT2D eigenvalue weighted by Gasteiger charge is 2.28. The van der Waals surface area contributed by atoms with Crippen LogP contribution in [0.4, 0.5) is 0 Å². The van der Waals surface area contributed by atoms with E-state index in [4.69, 9.17) is 9.98 Å². The number of nitrogens with zero attached hydrogens (tertiary/aromatic N) is 4. The number of hydrogen-bond acceptors (Lipinski definition) is 4. The molecule has 0 aliphatic carbocycles. The molecule has 2 N–H and O–H groups in total. The zero-order valence-electron chi connectivity index (χ0n) is 31.7. The lowest BCUT2D eigenvalue weighted by Gasteiger charge is -2.33. The van der Waals surface area contributed by atoms with Crippen LogP contribution < -0.4 is 10.6 Å². The maximum absolute atomic E-state index is 5.52. The van der Waals surface area contributed by atoms with Gasteiger partial charge in [-0.25, -0.2) is 9.98 Å². The third-order valence-corrected chi connectivity index (χ3v) is 12.0. The standard InChI is InChI=1S/C52H38N6/c1-2-17-39(18-3-1)57-45-22-10-8-19-40(45)42-31-43-41-20-9-11-23-46(41)58(48(43)32-47(42)57)49-24-12-21-44(53-49)52-55-50(37-27-25-33-13-4-6-15-35(33)29-37)54-51(56-52)38-28-26-34-14-5-7-16-36(34)30-38/h1-11,13-23,25-32,50-51,54H,12,24H2,(H,55,56). The summed E-state index contributed by atoms with van der Waals surface area (Å²) in [5, 5.41) is 17.4. The van der Waals surface area contributed by atoms with Gasteiger partial charge in [0.2, 0.25) is 0 Å². The van der Waals surface area contributed by atoms with E-state index in [1.165, 1.54) is 54.1 Å². The Hall–Kier alpha value is -7.28. The summed E-state index contributed by atoms with van der Waals surface area (Å²) >= 11 is 0. The smallest absolute Gasteiger partial charge is 0.150 e. The van der Waals surface area contributed by atoms with Crippen LogP contribution in [0.5, 0.6) is 0 Å². The number of aliphatic imine (C=N–C) groups is 2. The van der Waals surface area contributed by atoms with Crippen LogP contribution in [0, 0.1) is 0 Å². The number of allylic oxidation sites excluding steroid dienone is 1. The first kappa shape index (κ1) is 32.9.